The third kappa shape index (κ3) is 3.13. The summed E-state index contributed by atoms with van der Waals surface area (Å²) >= 11 is 0. The van der Waals surface area contributed by atoms with Gasteiger partial charge in [0.1, 0.15) is 11.5 Å². The first-order valence-corrected chi connectivity index (χ1v) is 8.20. The fourth-order valence-corrected chi connectivity index (χ4v) is 3.45. The molecule has 116 valence electrons. The maximum Gasteiger partial charge on any atom is 0.141 e. The largest absolute Gasteiger partial charge is 0.361 e. The van der Waals surface area contributed by atoms with Crippen LogP contribution in [0.5, 0.6) is 0 Å². The van der Waals surface area contributed by atoms with Gasteiger partial charge in [-0.3, -0.25) is 4.79 Å². The van der Waals surface area contributed by atoms with Crippen molar-refractivity contribution in [1.82, 2.24) is 5.16 Å². The number of aromatic nitrogens is 1. The zero-order valence-electron chi connectivity index (χ0n) is 13.4. The average Bonchev–Trinajstić information content (AvgIpc) is 3.16. The van der Waals surface area contributed by atoms with E-state index < -0.39 is 0 Å². The van der Waals surface area contributed by atoms with E-state index >= 15 is 0 Å². The highest BCUT2D eigenvalue weighted by atomic mass is 16.5. The molecule has 2 aromatic rings. The predicted octanol–water partition coefficient (Wildman–Crippen LogP) is 4.65. The van der Waals surface area contributed by atoms with Gasteiger partial charge in [0.2, 0.25) is 0 Å². The lowest BCUT2D eigenvalue weighted by atomic mass is 9.96. The van der Waals surface area contributed by atoms with Crippen molar-refractivity contribution in [2.24, 2.45) is 5.92 Å². The van der Waals surface area contributed by atoms with Crippen LogP contribution in [0.3, 0.4) is 0 Å². The minimum absolute atomic E-state index is 0.335. The lowest BCUT2D eigenvalue weighted by molar-refractivity contribution is -0.122. The topological polar surface area (TPSA) is 43.1 Å². The molecule has 1 fully saturated rings. The van der Waals surface area contributed by atoms with Crippen LogP contribution in [0.4, 0.5) is 0 Å². The Kier molecular flexibility index (Phi) is 4.41. The Balaban J connectivity index is 1.63. The summed E-state index contributed by atoms with van der Waals surface area (Å²) in [6, 6.07) is 8.43. The summed E-state index contributed by atoms with van der Waals surface area (Å²) in [7, 11) is 0. The van der Waals surface area contributed by atoms with Gasteiger partial charge in [0.25, 0.3) is 0 Å². The van der Waals surface area contributed by atoms with Crippen LogP contribution in [0.2, 0.25) is 0 Å². The van der Waals surface area contributed by atoms with Gasteiger partial charge in [-0.2, -0.15) is 0 Å². The van der Waals surface area contributed by atoms with Gasteiger partial charge in [0, 0.05) is 17.9 Å². The SMILES string of the molecule is Cc1noc(C)c1-c1ccc(CCC(=O)C2CCCC2)cc1. The van der Waals surface area contributed by atoms with Crippen LogP contribution in [0.15, 0.2) is 28.8 Å². The summed E-state index contributed by atoms with van der Waals surface area (Å²) in [5.74, 6) is 1.63. The average molecular weight is 297 g/mol. The highest BCUT2D eigenvalue weighted by Gasteiger charge is 2.21. The zero-order chi connectivity index (χ0) is 15.5. The van der Waals surface area contributed by atoms with Gasteiger partial charge >= 0.3 is 0 Å². The molecule has 3 rings (SSSR count). The summed E-state index contributed by atoms with van der Waals surface area (Å²) in [6.07, 6.45) is 6.17. The van der Waals surface area contributed by atoms with Crippen LogP contribution in [0.1, 0.15) is 49.1 Å². The molecule has 3 heteroatoms. The minimum atomic E-state index is 0.335. The van der Waals surface area contributed by atoms with Crippen molar-refractivity contribution < 1.29 is 9.32 Å². The van der Waals surface area contributed by atoms with Crippen molar-refractivity contribution in [3.63, 3.8) is 0 Å². The van der Waals surface area contributed by atoms with E-state index in [2.05, 4.69) is 29.4 Å². The van der Waals surface area contributed by atoms with E-state index in [9.17, 15) is 4.79 Å². The zero-order valence-corrected chi connectivity index (χ0v) is 13.4. The number of ketones is 1. The van der Waals surface area contributed by atoms with Gasteiger partial charge in [0.05, 0.1) is 5.69 Å². The Labute approximate surface area is 131 Å². The molecule has 0 bridgehead atoms. The second-order valence-electron chi connectivity index (χ2n) is 6.34. The summed E-state index contributed by atoms with van der Waals surface area (Å²) in [4.78, 5) is 12.1. The Hall–Kier alpha value is -1.90. The van der Waals surface area contributed by atoms with Crippen molar-refractivity contribution in [2.45, 2.75) is 52.4 Å². The van der Waals surface area contributed by atoms with Crippen LogP contribution < -0.4 is 0 Å². The molecule has 1 aliphatic carbocycles. The molecule has 0 N–H and O–H groups in total. The molecule has 0 unspecified atom stereocenters. The normalized spacial score (nSPS) is 15.4. The van der Waals surface area contributed by atoms with E-state index in [4.69, 9.17) is 4.52 Å². The highest BCUT2D eigenvalue weighted by Crippen LogP contribution is 2.28. The number of aryl methyl sites for hydroxylation is 3. The standard InChI is InChI=1S/C19H23NO2/c1-13-19(14(2)22-20-13)17-10-7-15(8-11-17)9-12-18(21)16-5-3-4-6-16/h7-8,10-11,16H,3-6,9,12H2,1-2H3. The number of carbonyl (C=O) groups is 1. The number of nitrogens with zero attached hydrogens (tertiary/aromatic N) is 1. The first kappa shape index (κ1) is 15.0. The molecule has 1 aromatic heterocycles. The number of benzene rings is 1. The number of carbonyl (C=O) groups excluding carboxylic acids is 1. The molecule has 22 heavy (non-hydrogen) atoms. The molecule has 1 aromatic carbocycles. The van der Waals surface area contributed by atoms with Gasteiger partial charge < -0.3 is 4.52 Å². The number of Topliss-reactive ketones (excluding diaryl/α,β-unsaturated/α-hetero) is 1. The molecule has 0 saturated heterocycles. The van der Waals surface area contributed by atoms with E-state index in [0.717, 1.165) is 41.8 Å². The molecular formula is C19H23NO2. The minimum Gasteiger partial charge on any atom is -0.361 e. The Morgan fingerprint density at radius 3 is 2.45 bits per heavy atom. The lowest BCUT2D eigenvalue weighted by Gasteiger charge is -2.08. The van der Waals surface area contributed by atoms with Gasteiger partial charge in [-0.1, -0.05) is 42.3 Å². The van der Waals surface area contributed by atoms with Crippen molar-refractivity contribution in [3.05, 3.63) is 41.3 Å². The second-order valence-corrected chi connectivity index (χ2v) is 6.34. The molecule has 1 saturated carbocycles. The molecule has 1 aliphatic rings. The summed E-state index contributed by atoms with van der Waals surface area (Å²) in [6.45, 7) is 3.89. The summed E-state index contributed by atoms with van der Waals surface area (Å²) in [5.41, 5.74) is 4.35. The fraction of sp³-hybridized carbons (Fsp3) is 0.474. The number of rotatable bonds is 5. The van der Waals surface area contributed by atoms with Crippen LogP contribution >= 0.6 is 0 Å². The van der Waals surface area contributed by atoms with Gasteiger partial charge in [-0.15, -0.1) is 0 Å². The highest BCUT2D eigenvalue weighted by molar-refractivity contribution is 5.81. The predicted molar refractivity (Wildman–Crippen MR) is 86.7 cm³/mol. The van der Waals surface area contributed by atoms with Crippen LogP contribution in [-0.4, -0.2) is 10.9 Å². The maximum atomic E-state index is 12.1. The van der Waals surface area contributed by atoms with E-state index in [0.29, 0.717) is 18.1 Å². The maximum absolute atomic E-state index is 12.1. The van der Waals surface area contributed by atoms with Crippen molar-refractivity contribution >= 4 is 5.78 Å². The first-order chi connectivity index (χ1) is 10.6. The van der Waals surface area contributed by atoms with E-state index in [1.807, 2.05) is 13.8 Å². The van der Waals surface area contributed by atoms with Crippen molar-refractivity contribution in [2.75, 3.05) is 0 Å². The van der Waals surface area contributed by atoms with E-state index in [-0.39, 0.29) is 0 Å². The van der Waals surface area contributed by atoms with Crippen LogP contribution in [0.25, 0.3) is 11.1 Å². The van der Waals surface area contributed by atoms with Crippen LogP contribution in [-0.2, 0) is 11.2 Å². The van der Waals surface area contributed by atoms with E-state index in [1.54, 1.807) is 0 Å². The van der Waals surface area contributed by atoms with Crippen molar-refractivity contribution in [1.29, 1.82) is 0 Å². The number of hydrogen-bond acceptors (Lipinski definition) is 3. The van der Waals surface area contributed by atoms with Crippen molar-refractivity contribution in [3.8, 4) is 11.1 Å². The third-order valence-corrected chi connectivity index (χ3v) is 4.75. The molecular weight excluding hydrogens is 274 g/mol. The molecule has 0 spiro atoms. The molecule has 0 aliphatic heterocycles. The fourth-order valence-electron chi connectivity index (χ4n) is 3.45. The van der Waals surface area contributed by atoms with Gasteiger partial charge in [-0.05, 0) is 44.2 Å². The first-order valence-electron chi connectivity index (χ1n) is 8.20. The Morgan fingerprint density at radius 1 is 1.18 bits per heavy atom. The monoisotopic (exact) mass is 297 g/mol. The molecule has 0 amide bonds. The van der Waals surface area contributed by atoms with Crippen LogP contribution in [0, 0.1) is 19.8 Å². The van der Waals surface area contributed by atoms with Gasteiger partial charge in [-0.25, -0.2) is 0 Å². The smallest absolute Gasteiger partial charge is 0.141 e. The molecule has 0 radical (unpaired) electrons. The summed E-state index contributed by atoms with van der Waals surface area (Å²) in [5, 5.41) is 4.00. The third-order valence-electron chi connectivity index (χ3n) is 4.75. The second kappa shape index (κ2) is 6.47. The molecule has 3 nitrogen and oxygen atoms in total. The lowest BCUT2D eigenvalue weighted by Crippen LogP contribution is -2.11. The Morgan fingerprint density at radius 2 is 1.86 bits per heavy atom. The quantitative estimate of drug-likeness (QED) is 0.806. The Bertz CT molecular complexity index is 629. The summed E-state index contributed by atoms with van der Waals surface area (Å²) < 4.78 is 5.22. The molecule has 1 heterocycles. The molecule has 0 atom stereocenters. The van der Waals surface area contributed by atoms with E-state index in [1.165, 1.54) is 18.4 Å². The number of hydrogen-bond donors (Lipinski definition) is 0. The van der Waals surface area contributed by atoms with Gasteiger partial charge in [0.15, 0.2) is 0 Å².